The first-order valence-electron chi connectivity index (χ1n) is 5.11. The number of Topliss-reactive ketones (excluding diaryl/α,β-unsaturated/α-hetero) is 1. The van der Waals surface area contributed by atoms with Crippen molar-refractivity contribution >= 4 is 17.4 Å². The third kappa shape index (κ3) is 2.05. The number of carboxylic acids is 1. The molecule has 1 aromatic carbocycles. The van der Waals surface area contributed by atoms with Crippen LogP contribution in [0.4, 0.5) is 5.69 Å². The fourth-order valence-electron chi connectivity index (χ4n) is 1.74. The van der Waals surface area contributed by atoms with Crippen LogP contribution >= 0.6 is 0 Å². The fourth-order valence-corrected chi connectivity index (χ4v) is 1.74. The molecule has 1 atom stereocenters. The Morgan fingerprint density at radius 1 is 1.53 bits per heavy atom. The molecule has 0 aliphatic carbocycles. The molecule has 0 unspecified atom stereocenters. The molecule has 5 heteroatoms. The van der Waals surface area contributed by atoms with Crippen LogP contribution in [0.25, 0.3) is 0 Å². The van der Waals surface area contributed by atoms with Crippen molar-refractivity contribution in [1.29, 1.82) is 0 Å². The predicted molar refractivity (Wildman–Crippen MR) is 62.9 cm³/mol. The normalized spacial score (nSPS) is 15.4. The number of rotatable bonds is 3. The molecule has 1 aromatic rings. The summed E-state index contributed by atoms with van der Waals surface area (Å²) in [6.45, 7) is 3.59. The van der Waals surface area contributed by atoms with Gasteiger partial charge in [0.05, 0.1) is 11.4 Å². The van der Waals surface area contributed by atoms with Crippen molar-refractivity contribution in [3.05, 3.63) is 41.6 Å². The van der Waals surface area contributed by atoms with Gasteiger partial charge in [0.25, 0.3) is 0 Å². The number of ketones is 1. The summed E-state index contributed by atoms with van der Waals surface area (Å²) in [6, 6.07) is 4.16. The Morgan fingerprint density at radius 3 is 2.88 bits per heavy atom. The smallest absolute Gasteiger partial charge is 0.320 e. The molecular formula is C12H12N2O3. The Bertz CT molecular complexity index is 522. The SMILES string of the molecule is C=C1Nc2cc(C[C@H](N)C(=O)O)ccc2C1=O. The Kier molecular flexibility index (Phi) is 2.69. The quantitative estimate of drug-likeness (QED) is 0.669. The molecule has 0 spiro atoms. The van der Waals surface area contributed by atoms with Crippen LogP contribution in [0.2, 0.25) is 0 Å². The van der Waals surface area contributed by atoms with Crippen LogP contribution in [0.3, 0.4) is 0 Å². The van der Waals surface area contributed by atoms with Crippen molar-refractivity contribution in [2.75, 3.05) is 5.32 Å². The molecule has 1 aliphatic heterocycles. The average Bonchev–Trinajstić information content (AvgIpc) is 2.54. The molecule has 17 heavy (non-hydrogen) atoms. The lowest BCUT2D eigenvalue weighted by molar-refractivity contribution is -0.138. The van der Waals surface area contributed by atoms with E-state index in [0.29, 0.717) is 16.9 Å². The van der Waals surface area contributed by atoms with E-state index >= 15 is 0 Å². The molecule has 0 fully saturated rings. The van der Waals surface area contributed by atoms with Gasteiger partial charge in [-0.3, -0.25) is 9.59 Å². The van der Waals surface area contributed by atoms with Crippen molar-refractivity contribution in [3.63, 3.8) is 0 Å². The molecule has 4 N–H and O–H groups in total. The number of carbonyl (C=O) groups excluding carboxylic acids is 1. The van der Waals surface area contributed by atoms with Crippen molar-refractivity contribution in [2.24, 2.45) is 5.73 Å². The van der Waals surface area contributed by atoms with Gasteiger partial charge in [0.2, 0.25) is 5.78 Å². The topological polar surface area (TPSA) is 92.4 Å². The second kappa shape index (κ2) is 4.03. The molecule has 1 heterocycles. The highest BCUT2D eigenvalue weighted by molar-refractivity contribution is 6.18. The number of benzene rings is 1. The van der Waals surface area contributed by atoms with E-state index in [1.807, 2.05) is 0 Å². The van der Waals surface area contributed by atoms with Crippen LogP contribution in [0.5, 0.6) is 0 Å². The molecule has 0 saturated heterocycles. The zero-order chi connectivity index (χ0) is 12.6. The number of allylic oxidation sites excluding steroid dienone is 1. The van der Waals surface area contributed by atoms with Crippen LogP contribution in [0, 0.1) is 0 Å². The van der Waals surface area contributed by atoms with Gasteiger partial charge in [0.1, 0.15) is 6.04 Å². The van der Waals surface area contributed by atoms with Crippen LogP contribution in [-0.2, 0) is 11.2 Å². The van der Waals surface area contributed by atoms with Crippen LogP contribution in [0.15, 0.2) is 30.5 Å². The summed E-state index contributed by atoms with van der Waals surface area (Å²) < 4.78 is 0. The van der Waals surface area contributed by atoms with Crippen molar-refractivity contribution in [3.8, 4) is 0 Å². The second-order valence-corrected chi connectivity index (χ2v) is 3.96. The van der Waals surface area contributed by atoms with Crippen molar-refractivity contribution in [1.82, 2.24) is 0 Å². The summed E-state index contributed by atoms with van der Waals surface area (Å²) >= 11 is 0. The van der Waals surface area contributed by atoms with E-state index in [9.17, 15) is 9.59 Å². The second-order valence-electron chi connectivity index (χ2n) is 3.96. The predicted octanol–water partition coefficient (Wildman–Crippen LogP) is 0.763. The van der Waals surface area contributed by atoms with Crippen LogP contribution in [-0.4, -0.2) is 22.9 Å². The Labute approximate surface area is 97.9 Å². The lowest BCUT2D eigenvalue weighted by Crippen LogP contribution is -2.32. The number of hydrogen-bond donors (Lipinski definition) is 3. The number of anilines is 1. The van der Waals surface area contributed by atoms with Gasteiger partial charge in [-0.2, -0.15) is 0 Å². The van der Waals surface area contributed by atoms with Gasteiger partial charge in [0.15, 0.2) is 0 Å². The van der Waals surface area contributed by atoms with E-state index in [4.69, 9.17) is 10.8 Å². The lowest BCUT2D eigenvalue weighted by Gasteiger charge is -2.07. The highest BCUT2D eigenvalue weighted by Gasteiger charge is 2.23. The third-order valence-corrected chi connectivity index (χ3v) is 2.66. The molecule has 88 valence electrons. The van der Waals surface area contributed by atoms with Gasteiger partial charge >= 0.3 is 5.97 Å². The van der Waals surface area contributed by atoms with Gasteiger partial charge in [-0.15, -0.1) is 0 Å². The van der Waals surface area contributed by atoms with E-state index < -0.39 is 12.0 Å². The number of fused-ring (bicyclic) bond motifs is 1. The van der Waals surface area contributed by atoms with Gasteiger partial charge in [-0.25, -0.2) is 0 Å². The Hall–Kier alpha value is -2.14. The first kappa shape index (κ1) is 11.3. The van der Waals surface area contributed by atoms with E-state index in [0.717, 1.165) is 5.56 Å². The minimum Gasteiger partial charge on any atom is -0.480 e. The number of carboxylic acid groups (broad SMARTS) is 1. The average molecular weight is 232 g/mol. The summed E-state index contributed by atoms with van der Waals surface area (Å²) in [7, 11) is 0. The molecule has 5 nitrogen and oxygen atoms in total. The molecule has 0 radical (unpaired) electrons. The number of carbonyl (C=O) groups is 2. The van der Waals surface area contributed by atoms with Crippen molar-refractivity contribution < 1.29 is 14.7 Å². The molecular weight excluding hydrogens is 220 g/mol. The summed E-state index contributed by atoms with van der Waals surface area (Å²) in [5, 5.41) is 11.6. The minimum atomic E-state index is -1.04. The van der Waals surface area contributed by atoms with Gasteiger partial charge in [-0.1, -0.05) is 12.6 Å². The lowest BCUT2D eigenvalue weighted by atomic mass is 10.0. The van der Waals surface area contributed by atoms with Gasteiger partial charge < -0.3 is 16.2 Å². The monoisotopic (exact) mass is 232 g/mol. The highest BCUT2D eigenvalue weighted by Crippen LogP contribution is 2.28. The number of nitrogens with one attached hydrogen (secondary N) is 1. The molecule has 0 aromatic heterocycles. The highest BCUT2D eigenvalue weighted by atomic mass is 16.4. The number of nitrogens with two attached hydrogens (primary N) is 1. The minimum absolute atomic E-state index is 0.130. The summed E-state index contributed by atoms with van der Waals surface area (Å²) in [5.41, 5.74) is 7.77. The fraction of sp³-hybridized carbons (Fsp3) is 0.167. The molecule has 0 amide bonds. The van der Waals surface area contributed by atoms with E-state index in [1.165, 1.54) is 0 Å². The Balaban J connectivity index is 2.24. The maximum atomic E-state index is 11.6. The molecule has 2 rings (SSSR count). The maximum absolute atomic E-state index is 11.6. The first-order valence-corrected chi connectivity index (χ1v) is 5.11. The standard InChI is InChI=1S/C12H12N2O3/c1-6-11(15)8-3-2-7(5-10(8)14-6)4-9(13)12(16)17/h2-3,5,9,14H,1,4,13H2,(H,16,17)/t9-/m0/s1. The first-order chi connectivity index (χ1) is 7.99. The zero-order valence-corrected chi connectivity index (χ0v) is 9.06. The number of hydrogen-bond acceptors (Lipinski definition) is 4. The zero-order valence-electron chi connectivity index (χ0n) is 9.06. The van der Waals surface area contributed by atoms with Crippen LogP contribution < -0.4 is 11.1 Å². The van der Waals surface area contributed by atoms with E-state index in [2.05, 4.69) is 11.9 Å². The third-order valence-electron chi connectivity index (χ3n) is 2.66. The molecule has 0 bridgehead atoms. The summed E-state index contributed by atoms with van der Waals surface area (Å²) in [4.78, 5) is 22.2. The maximum Gasteiger partial charge on any atom is 0.320 e. The van der Waals surface area contributed by atoms with Gasteiger partial charge in [0, 0.05) is 5.56 Å². The summed E-state index contributed by atoms with van der Waals surface area (Å²) in [5.74, 6) is -1.17. The molecule has 1 aliphatic rings. The van der Waals surface area contributed by atoms with E-state index in [-0.39, 0.29) is 12.2 Å². The molecule has 0 saturated carbocycles. The Morgan fingerprint density at radius 2 is 2.24 bits per heavy atom. The summed E-state index contributed by atoms with van der Waals surface area (Å²) in [6.07, 6.45) is 0.227. The van der Waals surface area contributed by atoms with Crippen LogP contribution in [0.1, 0.15) is 15.9 Å². The number of aliphatic carboxylic acids is 1. The van der Waals surface area contributed by atoms with E-state index in [1.54, 1.807) is 18.2 Å². The van der Waals surface area contributed by atoms with Gasteiger partial charge in [-0.05, 0) is 24.1 Å². The largest absolute Gasteiger partial charge is 0.480 e. The van der Waals surface area contributed by atoms with Crippen molar-refractivity contribution in [2.45, 2.75) is 12.5 Å².